The fraction of sp³-hybridized carbons (Fsp3) is 0.200. The summed E-state index contributed by atoms with van der Waals surface area (Å²) >= 11 is 12.3. The molecule has 1 atom stereocenters. The van der Waals surface area contributed by atoms with Gasteiger partial charge in [-0.25, -0.2) is 8.78 Å². The molecule has 6 heteroatoms. The summed E-state index contributed by atoms with van der Waals surface area (Å²) in [4.78, 5) is 0. The average molecular weight is 440 g/mol. The molecule has 0 aliphatic heterocycles. The van der Waals surface area contributed by atoms with Crippen LogP contribution in [0.1, 0.15) is 24.1 Å². The Labute approximate surface area is 144 Å². The fourth-order valence-electron chi connectivity index (χ4n) is 2.09. The van der Waals surface area contributed by atoms with Crippen LogP contribution in [0.2, 0.25) is 5.02 Å². The minimum atomic E-state index is -0.501. The first-order chi connectivity index (χ1) is 9.93. The highest BCUT2D eigenvalue weighted by molar-refractivity contribution is 9.10. The molecule has 1 unspecified atom stereocenters. The van der Waals surface area contributed by atoms with E-state index in [0.717, 1.165) is 16.1 Å². The monoisotopic (exact) mass is 437 g/mol. The van der Waals surface area contributed by atoms with Crippen molar-refractivity contribution in [3.8, 4) is 0 Å². The van der Waals surface area contributed by atoms with E-state index in [1.165, 1.54) is 6.07 Å². The normalized spacial score (nSPS) is 12.5. The minimum absolute atomic E-state index is 0.106. The Morgan fingerprint density at radius 1 is 1.05 bits per heavy atom. The molecular formula is C15H12Br2ClF2N. The zero-order chi connectivity index (χ0) is 15.6. The minimum Gasteiger partial charge on any atom is -0.306 e. The van der Waals surface area contributed by atoms with Gasteiger partial charge in [0.2, 0.25) is 0 Å². The van der Waals surface area contributed by atoms with E-state index >= 15 is 0 Å². The standard InChI is InChI=1S/C15H12Br2ClF2N/c1-2-21-15(9-4-3-8(18)5-11(9)16)10-6-14(20)12(17)7-13(10)19/h3-7,15,21H,2H2,1H3. The number of hydrogen-bond acceptors (Lipinski definition) is 1. The average Bonchev–Trinajstić information content (AvgIpc) is 2.41. The van der Waals surface area contributed by atoms with Gasteiger partial charge in [0.05, 0.1) is 10.5 Å². The number of hydrogen-bond donors (Lipinski definition) is 1. The molecule has 0 amide bonds. The predicted molar refractivity (Wildman–Crippen MR) is 88.7 cm³/mol. The second-order valence-corrected chi connectivity index (χ2v) is 6.59. The van der Waals surface area contributed by atoms with E-state index in [9.17, 15) is 8.78 Å². The first-order valence-corrected chi connectivity index (χ1v) is 8.23. The zero-order valence-corrected chi connectivity index (χ0v) is 15.0. The predicted octanol–water partition coefficient (Wildman–Crippen LogP) is 5.84. The molecule has 2 rings (SSSR count). The maximum atomic E-state index is 14.2. The molecular weight excluding hydrogens is 427 g/mol. The van der Waals surface area contributed by atoms with Gasteiger partial charge in [0.25, 0.3) is 0 Å². The summed E-state index contributed by atoms with van der Waals surface area (Å²) in [6.07, 6.45) is 0. The van der Waals surface area contributed by atoms with Crippen molar-refractivity contribution in [2.24, 2.45) is 0 Å². The summed E-state index contributed by atoms with van der Waals surface area (Å²) in [5, 5.41) is 3.74. The van der Waals surface area contributed by atoms with Gasteiger partial charge in [-0.1, -0.05) is 40.5 Å². The molecule has 2 aromatic carbocycles. The van der Waals surface area contributed by atoms with Crippen LogP contribution in [0.15, 0.2) is 39.3 Å². The van der Waals surface area contributed by atoms with Crippen molar-refractivity contribution in [1.82, 2.24) is 5.32 Å². The summed E-state index contributed by atoms with van der Waals surface area (Å²) in [6.45, 7) is 2.51. The number of rotatable bonds is 4. The number of nitrogens with one attached hydrogen (secondary N) is 1. The molecule has 0 radical (unpaired) electrons. The van der Waals surface area contributed by atoms with Crippen molar-refractivity contribution in [2.45, 2.75) is 13.0 Å². The highest BCUT2D eigenvalue weighted by Crippen LogP contribution is 2.33. The molecule has 112 valence electrons. The lowest BCUT2D eigenvalue weighted by Crippen LogP contribution is -2.23. The van der Waals surface area contributed by atoms with E-state index in [2.05, 4.69) is 37.2 Å². The molecule has 0 heterocycles. The van der Waals surface area contributed by atoms with Crippen LogP contribution in [0.25, 0.3) is 0 Å². The van der Waals surface area contributed by atoms with Gasteiger partial charge in [0, 0.05) is 15.1 Å². The van der Waals surface area contributed by atoms with Crippen LogP contribution in [0.5, 0.6) is 0 Å². The highest BCUT2D eigenvalue weighted by Gasteiger charge is 2.21. The summed E-state index contributed by atoms with van der Waals surface area (Å²) in [6, 6.07) is 7.11. The van der Waals surface area contributed by atoms with Crippen LogP contribution in [-0.2, 0) is 0 Å². The molecule has 21 heavy (non-hydrogen) atoms. The molecule has 0 aromatic heterocycles. The van der Waals surface area contributed by atoms with E-state index in [0.29, 0.717) is 11.6 Å². The van der Waals surface area contributed by atoms with Crippen LogP contribution in [0, 0.1) is 11.6 Å². The van der Waals surface area contributed by atoms with Crippen molar-refractivity contribution in [3.05, 3.63) is 67.1 Å². The van der Waals surface area contributed by atoms with Crippen molar-refractivity contribution in [1.29, 1.82) is 0 Å². The lowest BCUT2D eigenvalue weighted by molar-refractivity contribution is 0.541. The van der Waals surface area contributed by atoms with Crippen molar-refractivity contribution >= 4 is 43.5 Å². The first kappa shape index (κ1) is 16.9. The summed E-state index contributed by atoms with van der Waals surface area (Å²) < 4.78 is 28.8. The third-order valence-corrected chi connectivity index (χ3v) is 4.56. The molecule has 0 saturated heterocycles. The molecule has 1 N–H and O–H groups in total. The maximum Gasteiger partial charge on any atom is 0.137 e. The molecule has 0 fully saturated rings. The largest absolute Gasteiger partial charge is 0.306 e. The molecule has 1 nitrogen and oxygen atoms in total. The molecule has 0 saturated carbocycles. The number of benzene rings is 2. The molecule has 0 aliphatic carbocycles. The molecule has 0 spiro atoms. The van der Waals surface area contributed by atoms with Crippen LogP contribution in [0.4, 0.5) is 8.78 Å². The van der Waals surface area contributed by atoms with Crippen LogP contribution < -0.4 is 5.32 Å². The van der Waals surface area contributed by atoms with E-state index in [4.69, 9.17) is 11.6 Å². The van der Waals surface area contributed by atoms with Gasteiger partial charge in [0.15, 0.2) is 0 Å². The van der Waals surface area contributed by atoms with E-state index in [1.807, 2.05) is 6.92 Å². The van der Waals surface area contributed by atoms with Gasteiger partial charge < -0.3 is 5.32 Å². The van der Waals surface area contributed by atoms with Gasteiger partial charge in [-0.2, -0.15) is 0 Å². The SMILES string of the molecule is CCNC(c1cc(F)c(Br)cc1F)c1ccc(Cl)cc1Br. The molecule has 0 aliphatic rings. The van der Waals surface area contributed by atoms with Gasteiger partial charge in [0.1, 0.15) is 11.6 Å². The first-order valence-electron chi connectivity index (χ1n) is 6.26. The van der Waals surface area contributed by atoms with Crippen molar-refractivity contribution in [3.63, 3.8) is 0 Å². The summed E-state index contributed by atoms with van der Waals surface area (Å²) in [5.74, 6) is -0.976. The van der Waals surface area contributed by atoms with Crippen molar-refractivity contribution < 1.29 is 8.78 Å². The Morgan fingerprint density at radius 2 is 1.76 bits per heavy atom. The third-order valence-electron chi connectivity index (χ3n) is 3.03. The summed E-state index contributed by atoms with van der Waals surface area (Å²) in [5.41, 5.74) is 1.04. The topological polar surface area (TPSA) is 12.0 Å². The quantitative estimate of drug-likeness (QED) is 0.590. The van der Waals surface area contributed by atoms with Crippen LogP contribution in [0.3, 0.4) is 0 Å². The van der Waals surface area contributed by atoms with E-state index in [1.54, 1.807) is 18.2 Å². The maximum absolute atomic E-state index is 14.2. The second kappa shape index (κ2) is 7.18. The van der Waals surface area contributed by atoms with Crippen LogP contribution in [-0.4, -0.2) is 6.54 Å². The smallest absolute Gasteiger partial charge is 0.137 e. The highest BCUT2D eigenvalue weighted by atomic mass is 79.9. The fourth-order valence-corrected chi connectivity index (χ4v) is 3.31. The summed E-state index contributed by atoms with van der Waals surface area (Å²) in [7, 11) is 0. The van der Waals surface area contributed by atoms with Gasteiger partial charge in [-0.05, 0) is 52.3 Å². The van der Waals surface area contributed by atoms with Gasteiger partial charge in [-0.3, -0.25) is 0 Å². The van der Waals surface area contributed by atoms with Gasteiger partial charge >= 0.3 is 0 Å². The second-order valence-electron chi connectivity index (χ2n) is 4.44. The Balaban J connectivity index is 2.55. The lowest BCUT2D eigenvalue weighted by atomic mass is 9.98. The Kier molecular flexibility index (Phi) is 5.77. The van der Waals surface area contributed by atoms with Crippen LogP contribution >= 0.6 is 43.5 Å². The van der Waals surface area contributed by atoms with Crippen molar-refractivity contribution in [2.75, 3.05) is 6.54 Å². The Morgan fingerprint density at radius 3 is 2.38 bits per heavy atom. The molecule has 0 bridgehead atoms. The van der Waals surface area contributed by atoms with Gasteiger partial charge in [-0.15, -0.1) is 0 Å². The van der Waals surface area contributed by atoms with E-state index in [-0.39, 0.29) is 10.0 Å². The zero-order valence-electron chi connectivity index (χ0n) is 11.1. The third kappa shape index (κ3) is 3.83. The van der Waals surface area contributed by atoms with E-state index < -0.39 is 17.7 Å². The molecule has 2 aromatic rings. The lowest BCUT2D eigenvalue weighted by Gasteiger charge is -2.21. The number of halogens is 5. The Bertz CT molecular complexity index is 664. The Hall–Kier alpha value is -0.490.